The van der Waals surface area contributed by atoms with Gasteiger partial charge in [-0.15, -0.1) is 11.8 Å². The van der Waals surface area contributed by atoms with Gasteiger partial charge in [-0.25, -0.2) is 4.98 Å². The lowest BCUT2D eigenvalue weighted by molar-refractivity contribution is -0.385. The zero-order chi connectivity index (χ0) is 15.1. The number of hydrogen-bond donors (Lipinski definition) is 1. The Morgan fingerprint density at radius 2 is 2.14 bits per heavy atom. The molecule has 106 valence electrons. The van der Waals surface area contributed by atoms with Gasteiger partial charge in [-0.2, -0.15) is 5.26 Å². The van der Waals surface area contributed by atoms with E-state index in [1.54, 1.807) is 11.8 Å². The van der Waals surface area contributed by atoms with Crippen LogP contribution in [-0.2, 0) is 0 Å². The summed E-state index contributed by atoms with van der Waals surface area (Å²) >= 11 is 1.68. The fraction of sp³-hybridized carbons (Fsp3) is 0.143. The molecule has 0 aliphatic heterocycles. The van der Waals surface area contributed by atoms with Gasteiger partial charge in [-0.1, -0.05) is 18.2 Å². The van der Waals surface area contributed by atoms with Crippen molar-refractivity contribution in [1.82, 2.24) is 4.98 Å². The lowest BCUT2D eigenvalue weighted by atomic mass is 10.2. The van der Waals surface area contributed by atoms with E-state index in [0.29, 0.717) is 12.4 Å². The highest BCUT2D eigenvalue weighted by atomic mass is 32.2. The molecule has 0 bridgehead atoms. The Bertz CT molecular complexity index is 670. The second-order valence-corrected chi connectivity index (χ2v) is 5.22. The number of aromatic nitrogens is 1. The smallest absolute Gasteiger partial charge is 0.289 e. The number of rotatable bonds is 6. The van der Waals surface area contributed by atoms with E-state index in [9.17, 15) is 10.1 Å². The average molecular weight is 300 g/mol. The fourth-order valence-corrected chi connectivity index (χ4v) is 2.42. The van der Waals surface area contributed by atoms with E-state index >= 15 is 0 Å². The van der Waals surface area contributed by atoms with Crippen LogP contribution in [0.1, 0.15) is 5.56 Å². The predicted molar refractivity (Wildman–Crippen MR) is 81.3 cm³/mol. The first-order chi connectivity index (χ1) is 10.2. The monoisotopic (exact) mass is 300 g/mol. The summed E-state index contributed by atoms with van der Waals surface area (Å²) in [7, 11) is 0. The minimum atomic E-state index is -0.567. The van der Waals surface area contributed by atoms with Gasteiger partial charge in [0.2, 0.25) is 0 Å². The number of thioether (sulfide) groups is 1. The number of benzene rings is 1. The van der Waals surface area contributed by atoms with Crippen molar-refractivity contribution in [3.63, 3.8) is 0 Å². The molecule has 1 N–H and O–H groups in total. The molecule has 0 amide bonds. The van der Waals surface area contributed by atoms with Gasteiger partial charge in [-0.05, 0) is 12.1 Å². The third-order valence-corrected chi connectivity index (χ3v) is 3.62. The van der Waals surface area contributed by atoms with E-state index in [1.165, 1.54) is 6.07 Å². The summed E-state index contributed by atoms with van der Waals surface area (Å²) in [6, 6.07) is 13.1. The van der Waals surface area contributed by atoms with Crippen LogP contribution in [0.3, 0.4) is 0 Å². The third kappa shape index (κ3) is 4.19. The van der Waals surface area contributed by atoms with Gasteiger partial charge in [0.15, 0.2) is 0 Å². The zero-order valence-electron chi connectivity index (χ0n) is 11.0. The van der Waals surface area contributed by atoms with Gasteiger partial charge >= 0.3 is 0 Å². The summed E-state index contributed by atoms with van der Waals surface area (Å²) in [5.74, 6) is 1.17. The minimum Gasteiger partial charge on any atom is -0.368 e. The first-order valence-electron chi connectivity index (χ1n) is 6.17. The Kier molecular flexibility index (Phi) is 5.12. The molecule has 0 fully saturated rings. The maximum absolute atomic E-state index is 10.6. The van der Waals surface area contributed by atoms with Gasteiger partial charge in [0, 0.05) is 23.3 Å². The second-order valence-electron chi connectivity index (χ2n) is 4.05. The summed E-state index contributed by atoms with van der Waals surface area (Å²) in [5.41, 5.74) is -0.00956. The molecule has 6 nitrogen and oxygen atoms in total. The Morgan fingerprint density at radius 1 is 1.38 bits per heavy atom. The standard InChI is InChI=1S/C14H12N4O2S/c15-9-11-8-12(18(19)20)10-17-14(11)16-6-7-21-13-4-2-1-3-5-13/h1-5,8,10H,6-7H2,(H,16,17). The van der Waals surface area contributed by atoms with Crippen molar-refractivity contribution in [3.05, 3.63) is 58.3 Å². The molecule has 0 radical (unpaired) electrons. The van der Waals surface area contributed by atoms with Gasteiger partial charge in [0.25, 0.3) is 5.69 Å². The number of hydrogen-bond acceptors (Lipinski definition) is 6. The molecule has 0 aliphatic rings. The van der Waals surface area contributed by atoms with Crippen LogP contribution < -0.4 is 5.32 Å². The van der Waals surface area contributed by atoms with Crippen molar-refractivity contribution in [3.8, 4) is 6.07 Å². The lowest BCUT2D eigenvalue weighted by Crippen LogP contribution is -2.07. The third-order valence-electron chi connectivity index (χ3n) is 2.61. The Labute approximate surface area is 126 Å². The normalized spacial score (nSPS) is 9.86. The largest absolute Gasteiger partial charge is 0.368 e. The molecule has 7 heteroatoms. The molecule has 0 aliphatic carbocycles. The molecule has 1 aromatic heterocycles. The Balaban J connectivity index is 1.91. The van der Waals surface area contributed by atoms with Crippen molar-refractivity contribution >= 4 is 23.3 Å². The first-order valence-corrected chi connectivity index (χ1v) is 7.15. The van der Waals surface area contributed by atoms with Crippen LogP contribution in [0, 0.1) is 21.4 Å². The number of pyridine rings is 1. The van der Waals surface area contributed by atoms with Gasteiger partial charge in [-0.3, -0.25) is 10.1 Å². The topological polar surface area (TPSA) is 91.8 Å². The van der Waals surface area contributed by atoms with Crippen molar-refractivity contribution in [2.24, 2.45) is 0 Å². The average Bonchev–Trinajstić information content (AvgIpc) is 2.52. The van der Waals surface area contributed by atoms with Crippen LogP contribution in [-0.4, -0.2) is 22.2 Å². The molecule has 1 heterocycles. The zero-order valence-corrected chi connectivity index (χ0v) is 11.8. The van der Waals surface area contributed by atoms with Crippen molar-refractivity contribution < 1.29 is 4.92 Å². The highest BCUT2D eigenvalue weighted by molar-refractivity contribution is 7.99. The van der Waals surface area contributed by atoms with Gasteiger partial charge in [0.1, 0.15) is 23.6 Å². The molecule has 0 atom stereocenters. The molecule has 0 spiro atoms. The summed E-state index contributed by atoms with van der Waals surface area (Å²) in [4.78, 5) is 15.2. The summed E-state index contributed by atoms with van der Waals surface area (Å²) in [5, 5.41) is 22.7. The number of nitro groups is 1. The lowest BCUT2D eigenvalue weighted by Gasteiger charge is -2.06. The molecular weight excluding hydrogens is 288 g/mol. The molecule has 1 aromatic carbocycles. The number of anilines is 1. The van der Waals surface area contributed by atoms with Crippen LogP contribution in [0.4, 0.5) is 11.5 Å². The van der Waals surface area contributed by atoms with Crippen LogP contribution in [0.5, 0.6) is 0 Å². The van der Waals surface area contributed by atoms with Crippen molar-refractivity contribution in [2.45, 2.75) is 4.90 Å². The molecule has 2 aromatic rings. The van der Waals surface area contributed by atoms with Crippen molar-refractivity contribution in [2.75, 3.05) is 17.6 Å². The highest BCUT2D eigenvalue weighted by Crippen LogP contribution is 2.19. The molecule has 0 saturated heterocycles. The Hall–Kier alpha value is -2.59. The number of nitrogens with zero attached hydrogens (tertiary/aromatic N) is 3. The fourth-order valence-electron chi connectivity index (χ4n) is 1.63. The molecule has 0 saturated carbocycles. The van der Waals surface area contributed by atoms with E-state index in [4.69, 9.17) is 5.26 Å². The first kappa shape index (κ1) is 14.8. The SMILES string of the molecule is N#Cc1cc([N+](=O)[O-])cnc1NCCSc1ccccc1. The summed E-state index contributed by atoms with van der Waals surface area (Å²) in [6.07, 6.45) is 1.15. The number of nitrogens with one attached hydrogen (secondary N) is 1. The predicted octanol–water partition coefficient (Wildman–Crippen LogP) is 3.07. The van der Waals surface area contributed by atoms with Gasteiger partial charge in [0.05, 0.1) is 4.92 Å². The molecule has 0 unspecified atom stereocenters. The second kappa shape index (κ2) is 7.26. The van der Waals surface area contributed by atoms with E-state index in [2.05, 4.69) is 10.3 Å². The van der Waals surface area contributed by atoms with E-state index < -0.39 is 4.92 Å². The Morgan fingerprint density at radius 3 is 2.81 bits per heavy atom. The maximum Gasteiger partial charge on any atom is 0.289 e. The molecule has 21 heavy (non-hydrogen) atoms. The summed E-state index contributed by atoms with van der Waals surface area (Å²) in [6.45, 7) is 0.610. The van der Waals surface area contributed by atoms with E-state index in [1.807, 2.05) is 36.4 Å². The van der Waals surface area contributed by atoms with Crippen LogP contribution >= 0.6 is 11.8 Å². The van der Waals surface area contributed by atoms with Crippen LogP contribution in [0.25, 0.3) is 0 Å². The summed E-state index contributed by atoms with van der Waals surface area (Å²) < 4.78 is 0. The number of nitriles is 1. The minimum absolute atomic E-state index is 0.175. The molecular formula is C14H12N4O2S. The van der Waals surface area contributed by atoms with E-state index in [-0.39, 0.29) is 11.3 Å². The molecule has 2 rings (SSSR count). The maximum atomic E-state index is 10.6. The van der Waals surface area contributed by atoms with Crippen LogP contribution in [0.15, 0.2) is 47.5 Å². The quantitative estimate of drug-likeness (QED) is 0.381. The highest BCUT2D eigenvalue weighted by Gasteiger charge is 2.11. The van der Waals surface area contributed by atoms with Crippen molar-refractivity contribution in [1.29, 1.82) is 5.26 Å². The van der Waals surface area contributed by atoms with E-state index in [0.717, 1.165) is 16.8 Å². The van der Waals surface area contributed by atoms with Crippen LogP contribution in [0.2, 0.25) is 0 Å². The van der Waals surface area contributed by atoms with Gasteiger partial charge < -0.3 is 5.32 Å².